The molecule has 0 saturated carbocycles. The van der Waals surface area contributed by atoms with E-state index in [2.05, 4.69) is 23.4 Å². The van der Waals surface area contributed by atoms with Crippen molar-refractivity contribution in [1.29, 1.82) is 0 Å². The summed E-state index contributed by atoms with van der Waals surface area (Å²) in [7, 11) is 0. The smallest absolute Gasteiger partial charge is 0.0741 e. The molecule has 4 heteroatoms. The van der Waals surface area contributed by atoms with E-state index in [9.17, 15) is 0 Å². The highest BCUT2D eigenvalue weighted by atomic mass is 16.5. The van der Waals surface area contributed by atoms with E-state index in [4.69, 9.17) is 10.6 Å². The molecule has 0 radical (unpaired) electrons. The molecule has 0 amide bonds. The lowest BCUT2D eigenvalue weighted by Gasteiger charge is -2.25. The monoisotopic (exact) mass is 223 g/mol. The summed E-state index contributed by atoms with van der Waals surface area (Å²) >= 11 is 0. The first-order chi connectivity index (χ1) is 7.81. The third-order valence-electron chi connectivity index (χ3n) is 2.62. The summed E-state index contributed by atoms with van der Waals surface area (Å²) in [6.07, 6.45) is 5.57. The maximum absolute atomic E-state index is 5.65. The molecule has 0 fully saturated rings. The van der Waals surface area contributed by atoms with E-state index in [-0.39, 0.29) is 12.1 Å². The summed E-state index contributed by atoms with van der Waals surface area (Å²) in [5.41, 5.74) is 4.00. The van der Waals surface area contributed by atoms with Crippen molar-refractivity contribution in [3.05, 3.63) is 30.1 Å². The Labute approximate surface area is 97.2 Å². The van der Waals surface area contributed by atoms with Gasteiger partial charge in [0.1, 0.15) is 0 Å². The molecule has 0 aliphatic rings. The van der Waals surface area contributed by atoms with Crippen LogP contribution < -0.4 is 11.3 Å². The number of hydrazine groups is 1. The number of aromatic nitrogens is 1. The van der Waals surface area contributed by atoms with Gasteiger partial charge in [-0.1, -0.05) is 13.0 Å². The topological polar surface area (TPSA) is 60.2 Å². The van der Waals surface area contributed by atoms with E-state index in [0.717, 1.165) is 12.8 Å². The summed E-state index contributed by atoms with van der Waals surface area (Å²) in [6, 6.07) is 4.12. The highest BCUT2D eigenvalue weighted by Crippen LogP contribution is 2.10. The number of hydrogen-bond donors (Lipinski definition) is 2. The molecule has 90 valence electrons. The molecule has 2 unspecified atom stereocenters. The summed E-state index contributed by atoms with van der Waals surface area (Å²) < 4.78 is 5.65. The molecule has 1 heterocycles. The Morgan fingerprint density at radius 2 is 2.31 bits per heavy atom. The molecule has 1 rings (SSSR count). The summed E-state index contributed by atoms with van der Waals surface area (Å²) in [4.78, 5) is 4.09. The Kier molecular flexibility index (Phi) is 6.00. The third-order valence-corrected chi connectivity index (χ3v) is 2.62. The lowest BCUT2D eigenvalue weighted by molar-refractivity contribution is 0.0319. The van der Waals surface area contributed by atoms with Crippen LogP contribution in [0.5, 0.6) is 0 Å². The molecule has 1 aromatic heterocycles. The van der Waals surface area contributed by atoms with Gasteiger partial charge in [-0.3, -0.25) is 16.3 Å². The molecule has 0 aliphatic carbocycles. The van der Waals surface area contributed by atoms with Crippen molar-refractivity contribution in [2.45, 2.75) is 38.8 Å². The van der Waals surface area contributed by atoms with Gasteiger partial charge in [-0.05, 0) is 31.4 Å². The van der Waals surface area contributed by atoms with E-state index in [1.54, 1.807) is 6.20 Å². The van der Waals surface area contributed by atoms with Crippen molar-refractivity contribution in [3.8, 4) is 0 Å². The Morgan fingerprint density at radius 3 is 2.81 bits per heavy atom. The lowest BCUT2D eigenvalue weighted by atomic mass is 10.0. The quantitative estimate of drug-likeness (QED) is 0.540. The molecule has 0 aromatic carbocycles. The van der Waals surface area contributed by atoms with Gasteiger partial charge in [0.25, 0.3) is 0 Å². The first-order valence-electron chi connectivity index (χ1n) is 5.78. The van der Waals surface area contributed by atoms with Gasteiger partial charge < -0.3 is 4.74 Å². The van der Waals surface area contributed by atoms with E-state index < -0.39 is 0 Å². The van der Waals surface area contributed by atoms with Crippen molar-refractivity contribution in [2.75, 3.05) is 6.61 Å². The number of nitrogens with two attached hydrogens (primary N) is 1. The highest BCUT2D eigenvalue weighted by molar-refractivity contribution is 5.10. The number of pyridine rings is 1. The Bertz CT molecular complexity index is 279. The van der Waals surface area contributed by atoms with Crippen molar-refractivity contribution < 1.29 is 4.74 Å². The predicted molar refractivity (Wildman–Crippen MR) is 64.8 cm³/mol. The molecule has 4 nitrogen and oxygen atoms in total. The largest absolute Gasteiger partial charge is 0.377 e. The van der Waals surface area contributed by atoms with Crippen LogP contribution in [0.15, 0.2) is 24.5 Å². The molecule has 16 heavy (non-hydrogen) atoms. The zero-order valence-corrected chi connectivity index (χ0v) is 10.0. The summed E-state index contributed by atoms with van der Waals surface area (Å²) in [6.45, 7) is 4.82. The number of nitrogens with one attached hydrogen (secondary N) is 1. The SMILES string of the molecule is CCOC(CC)C(Cc1cccnc1)NN. The van der Waals surface area contributed by atoms with E-state index in [0.29, 0.717) is 6.61 Å². The van der Waals surface area contributed by atoms with E-state index in [1.807, 2.05) is 19.2 Å². The van der Waals surface area contributed by atoms with Crippen LogP contribution in [0.1, 0.15) is 25.8 Å². The second-order valence-corrected chi connectivity index (χ2v) is 3.74. The standard InChI is InChI=1S/C12H21N3O/c1-3-12(16-4-2)11(15-13)8-10-6-5-7-14-9-10/h5-7,9,11-12,15H,3-4,8,13H2,1-2H3. The van der Waals surface area contributed by atoms with Crippen LogP contribution in [-0.2, 0) is 11.2 Å². The summed E-state index contributed by atoms with van der Waals surface area (Å²) in [5, 5.41) is 0. The first kappa shape index (κ1) is 13.1. The van der Waals surface area contributed by atoms with Crippen LogP contribution in [0, 0.1) is 0 Å². The fourth-order valence-electron chi connectivity index (χ4n) is 1.80. The number of hydrogen-bond acceptors (Lipinski definition) is 4. The summed E-state index contributed by atoms with van der Waals surface area (Å²) in [5.74, 6) is 5.58. The van der Waals surface area contributed by atoms with Gasteiger partial charge in [0.2, 0.25) is 0 Å². The molecule has 0 saturated heterocycles. The number of rotatable bonds is 7. The average molecular weight is 223 g/mol. The minimum absolute atomic E-state index is 0.133. The van der Waals surface area contributed by atoms with Gasteiger partial charge in [-0.2, -0.15) is 0 Å². The molecule has 0 aliphatic heterocycles. The normalized spacial score (nSPS) is 14.7. The Hall–Kier alpha value is -0.970. The Morgan fingerprint density at radius 1 is 1.50 bits per heavy atom. The maximum atomic E-state index is 5.65. The van der Waals surface area contributed by atoms with Crippen LogP contribution >= 0.6 is 0 Å². The second-order valence-electron chi connectivity index (χ2n) is 3.74. The molecule has 1 aromatic rings. The van der Waals surface area contributed by atoms with Crippen LogP contribution in [-0.4, -0.2) is 23.7 Å². The highest BCUT2D eigenvalue weighted by Gasteiger charge is 2.19. The Balaban J connectivity index is 2.60. The van der Waals surface area contributed by atoms with Crippen molar-refractivity contribution in [3.63, 3.8) is 0 Å². The third kappa shape index (κ3) is 3.89. The second kappa shape index (κ2) is 7.33. The fourth-order valence-corrected chi connectivity index (χ4v) is 1.80. The van der Waals surface area contributed by atoms with E-state index >= 15 is 0 Å². The van der Waals surface area contributed by atoms with E-state index in [1.165, 1.54) is 5.56 Å². The van der Waals surface area contributed by atoms with Crippen LogP contribution in [0.4, 0.5) is 0 Å². The molecular formula is C12H21N3O. The van der Waals surface area contributed by atoms with Gasteiger partial charge in [-0.25, -0.2) is 0 Å². The fraction of sp³-hybridized carbons (Fsp3) is 0.583. The minimum Gasteiger partial charge on any atom is -0.377 e. The van der Waals surface area contributed by atoms with Crippen molar-refractivity contribution >= 4 is 0 Å². The molecular weight excluding hydrogens is 202 g/mol. The van der Waals surface area contributed by atoms with Crippen LogP contribution in [0.3, 0.4) is 0 Å². The minimum atomic E-state index is 0.133. The number of nitrogens with zero attached hydrogens (tertiary/aromatic N) is 1. The van der Waals surface area contributed by atoms with Gasteiger partial charge in [0.05, 0.1) is 12.1 Å². The zero-order chi connectivity index (χ0) is 11.8. The lowest BCUT2D eigenvalue weighted by Crippen LogP contribution is -2.46. The molecule has 2 atom stereocenters. The van der Waals surface area contributed by atoms with Crippen LogP contribution in [0.2, 0.25) is 0 Å². The number of ether oxygens (including phenoxy) is 1. The zero-order valence-electron chi connectivity index (χ0n) is 10.0. The molecule has 0 spiro atoms. The molecule has 0 bridgehead atoms. The van der Waals surface area contributed by atoms with Gasteiger partial charge in [-0.15, -0.1) is 0 Å². The van der Waals surface area contributed by atoms with Crippen molar-refractivity contribution in [1.82, 2.24) is 10.4 Å². The molecule has 3 N–H and O–H groups in total. The van der Waals surface area contributed by atoms with Gasteiger partial charge >= 0.3 is 0 Å². The van der Waals surface area contributed by atoms with Crippen molar-refractivity contribution in [2.24, 2.45) is 5.84 Å². The maximum Gasteiger partial charge on any atom is 0.0741 e. The van der Waals surface area contributed by atoms with Gasteiger partial charge in [0.15, 0.2) is 0 Å². The predicted octanol–water partition coefficient (Wildman–Crippen LogP) is 1.27. The van der Waals surface area contributed by atoms with Crippen LogP contribution in [0.25, 0.3) is 0 Å². The average Bonchev–Trinajstić information content (AvgIpc) is 2.35. The first-order valence-corrected chi connectivity index (χ1v) is 5.78. The van der Waals surface area contributed by atoms with Gasteiger partial charge in [0, 0.05) is 19.0 Å².